The van der Waals surface area contributed by atoms with Crippen LogP contribution in [0.3, 0.4) is 0 Å². The summed E-state index contributed by atoms with van der Waals surface area (Å²) in [6.07, 6.45) is 1.25. The second-order valence-electron chi connectivity index (χ2n) is 13.1. The van der Waals surface area contributed by atoms with Crippen molar-refractivity contribution in [2.75, 3.05) is 5.32 Å². The van der Waals surface area contributed by atoms with E-state index in [0.29, 0.717) is 5.41 Å². The average molecular weight is 558 g/mol. The fourth-order valence-corrected chi connectivity index (χ4v) is 7.10. The highest BCUT2D eigenvalue weighted by molar-refractivity contribution is 5.87. The number of pyridine rings is 1. The maximum atomic E-state index is 14.3. The third-order valence-electron chi connectivity index (χ3n) is 9.26. The number of carboxylic acid groups (broad SMARTS) is 1. The molecule has 2 saturated carbocycles. The Morgan fingerprint density at radius 3 is 2.17 bits per heavy atom. The summed E-state index contributed by atoms with van der Waals surface area (Å²) in [4.78, 5) is 33.2. The molecule has 5 rings (SSSR count). The first-order chi connectivity index (χ1) is 18.7. The minimum absolute atomic E-state index is 0.0132. The second kappa shape index (κ2) is 10.1. The molecule has 0 bridgehead atoms. The van der Waals surface area contributed by atoms with Crippen LogP contribution in [-0.2, 0) is 15.8 Å². The Morgan fingerprint density at radius 2 is 1.65 bits per heavy atom. The summed E-state index contributed by atoms with van der Waals surface area (Å²) in [5.41, 5.74) is -0.132. The summed E-state index contributed by atoms with van der Waals surface area (Å²) in [6.45, 7) is 7.25. The van der Waals surface area contributed by atoms with Crippen molar-refractivity contribution in [3.05, 3.63) is 59.3 Å². The molecule has 2 heterocycles. The predicted molar refractivity (Wildman–Crippen MR) is 145 cm³/mol. The molecule has 3 aliphatic rings. The zero-order valence-corrected chi connectivity index (χ0v) is 23.5. The number of nitrogens with one attached hydrogen (secondary N) is 1. The number of nitrogens with zero attached hydrogens (tertiary/aromatic N) is 2. The van der Waals surface area contributed by atoms with Gasteiger partial charge < -0.3 is 15.3 Å². The number of alkyl halides is 3. The number of rotatable bonds is 5. The van der Waals surface area contributed by atoms with Crippen LogP contribution in [0.5, 0.6) is 0 Å². The monoisotopic (exact) mass is 557 g/mol. The molecule has 1 aromatic heterocycles. The Kier molecular flexibility index (Phi) is 7.16. The van der Waals surface area contributed by atoms with Crippen LogP contribution in [0.15, 0.2) is 42.5 Å². The highest BCUT2D eigenvalue weighted by Gasteiger charge is 2.59. The third kappa shape index (κ3) is 5.44. The van der Waals surface area contributed by atoms with Crippen molar-refractivity contribution in [3.63, 3.8) is 0 Å². The van der Waals surface area contributed by atoms with E-state index >= 15 is 0 Å². The molecule has 216 valence electrons. The van der Waals surface area contributed by atoms with Gasteiger partial charge >= 0.3 is 12.1 Å². The molecule has 1 aliphatic heterocycles. The van der Waals surface area contributed by atoms with Crippen LogP contribution in [0.2, 0.25) is 0 Å². The SMILES string of the molecule is Cc1cc(C(F)(F)F)cc(NC2C(c3ccccc3)N(C(=O)C3CCC4(CC3)CC4)C(C(=O)O)C2C(C)(C)C)n1. The highest BCUT2D eigenvalue weighted by atomic mass is 19.4. The van der Waals surface area contributed by atoms with E-state index in [-0.39, 0.29) is 23.3 Å². The van der Waals surface area contributed by atoms with Crippen LogP contribution in [0.25, 0.3) is 0 Å². The molecule has 1 aromatic carbocycles. The summed E-state index contributed by atoms with van der Waals surface area (Å²) in [7, 11) is 0. The fourth-order valence-electron chi connectivity index (χ4n) is 7.10. The lowest BCUT2D eigenvalue weighted by atomic mass is 9.72. The minimum Gasteiger partial charge on any atom is -0.480 e. The van der Waals surface area contributed by atoms with Crippen LogP contribution in [0, 0.1) is 29.6 Å². The van der Waals surface area contributed by atoms with Crippen molar-refractivity contribution in [1.82, 2.24) is 9.88 Å². The van der Waals surface area contributed by atoms with Crippen LogP contribution in [0.1, 0.15) is 82.2 Å². The van der Waals surface area contributed by atoms with Gasteiger partial charge in [0.2, 0.25) is 5.91 Å². The van der Waals surface area contributed by atoms with Gasteiger partial charge in [0.1, 0.15) is 11.9 Å². The molecule has 1 amide bonds. The van der Waals surface area contributed by atoms with Gasteiger partial charge in [-0.1, -0.05) is 51.1 Å². The number of carbonyl (C=O) groups is 2. The van der Waals surface area contributed by atoms with Gasteiger partial charge in [-0.15, -0.1) is 0 Å². The summed E-state index contributed by atoms with van der Waals surface area (Å²) >= 11 is 0. The van der Waals surface area contributed by atoms with Crippen molar-refractivity contribution in [2.45, 2.75) is 90.5 Å². The summed E-state index contributed by atoms with van der Waals surface area (Å²) in [5.74, 6) is -2.16. The third-order valence-corrected chi connectivity index (χ3v) is 9.26. The largest absolute Gasteiger partial charge is 0.480 e. The van der Waals surface area contributed by atoms with Crippen LogP contribution in [0.4, 0.5) is 19.0 Å². The van der Waals surface area contributed by atoms with Gasteiger partial charge in [-0.3, -0.25) is 4.79 Å². The number of aryl methyl sites for hydroxylation is 1. The van der Waals surface area contributed by atoms with E-state index in [2.05, 4.69) is 10.3 Å². The van der Waals surface area contributed by atoms with E-state index < -0.39 is 47.2 Å². The summed E-state index contributed by atoms with van der Waals surface area (Å²) in [6, 6.07) is 8.62. The lowest BCUT2D eigenvalue weighted by molar-refractivity contribution is -0.154. The maximum absolute atomic E-state index is 14.3. The Bertz CT molecular complexity index is 1260. The molecule has 9 heteroatoms. The molecule has 2 aromatic rings. The van der Waals surface area contributed by atoms with E-state index in [1.165, 1.54) is 19.8 Å². The first-order valence-electron chi connectivity index (χ1n) is 14.1. The number of carbonyl (C=O) groups excluding carboxylic acids is 1. The quantitative estimate of drug-likeness (QED) is 0.420. The van der Waals surface area contributed by atoms with Gasteiger partial charge in [0.15, 0.2) is 0 Å². The molecule has 6 nitrogen and oxygen atoms in total. The summed E-state index contributed by atoms with van der Waals surface area (Å²) in [5, 5.41) is 13.8. The number of anilines is 1. The molecule has 4 unspecified atom stereocenters. The number of hydrogen-bond donors (Lipinski definition) is 2. The van der Waals surface area contributed by atoms with Crippen molar-refractivity contribution in [2.24, 2.45) is 22.7 Å². The van der Waals surface area contributed by atoms with Gasteiger partial charge in [-0.2, -0.15) is 13.2 Å². The molecule has 1 spiro atoms. The van der Waals surface area contributed by atoms with E-state index in [1.54, 1.807) is 4.90 Å². The normalized spacial score (nSPS) is 26.6. The Hall–Kier alpha value is -3.10. The van der Waals surface area contributed by atoms with Crippen molar-refractivity contribution >= 4 is 17.7 Å². The zero-order valence-electron chi connectivity index (χ0n) is 23.5. The number of likely N-dealkylation sites (tertiary alicyclic amines) is 1. The Balaban J connectivity index is 1.61. The van der Waals surface area contributed by atoms with Crippen molar-refractivity contribution < 1.29 is 27.9 Å². The van der Waals surface area contributed by atoms with Gasteiger partial charge in [0.05, 0.1) is 17.6 Å². The van der Waals surface area contributed by atoms with Crippen molar-refractivity contribution in [3.8, 4) is 0 Å². The average Bonchev–Trinajstić information content (AvgIpc) is 3.52. The van der Waals surface area contributed by atoms with Gasteiger partial charge in [0, 0.05) is 17.5 Å². The highest BCUT2D eigenvalue weighted by Crippen LogP contribution is 2.58. The van der Waals surface area contributed by atoms with Gasteiger partial charge in [0.25, 0.3) is 0 Å². The molecule has 2 N–H and O–H groups in total. The molecule has 2 aliphatic carbocycles. The van der Waals surface area contributed by atoms with E-state index in [9.17, 15) is 27.9 Å². The lowest BCUT2D eigenvalue weighted by Crippen LogP contribution is -2.49. The first-order valence-corrected chi connectivity index (χ1v) is 14.1. The first kappa shape index (κ1) is 28.4. The number of aromatic nitrogens is 1. The molecule has 4 atom stereocenters. The Labute approximate surface area is 233 Å². The van der Waals surface area contributed by atoms with Crippen LogP contribution in [-0.4, -0.2) is 39.0 Å². The van der Waals surface area contributed by atoms with Gasteiger partial charge in [-0.25, -0.2) is 9.78 Å². The standard InChI is InChI=1S/C31H38F3N3O3/c1-18-16-21(31(32,33)34)17-22(35-18)36-24-23(29(2,3)4)26(28(39)40)37(25(24)19-8-6-5-7-9-19)27(38)20-10-12-30(13-11-20)14-15-30/h5-9,16-17,20,23-26H,10-15H2,1-4H3,(H,35,36)(H,39,40). The molecule has 1 saturated heterocycles. The number of amides is 1. The van der Waals surface area contributed by atoms with Gasteiger partial charge in [-0.05, 0) is 74.0 Å². The topological polar surface area (TPSA) is 82.5 Å². The summed E-state index contributed by atoms with van der Waals surface area (Å²) < 4.78 is 41.1. The number of aliphatic carboxylic acids is 1. The number of halogens is 3. The number of benzene rings is 1. The fraction of sp³-hybridized carbons (Fsp3) is 0.581. The maximum Gasteiger partial charge on any atom is 0.416 e. The van der Waals surface area contributed by atoms with Crippen molar-refractivity contribution in [1.29, 1.82) is 0 Å². The molecular formula is C31H38F3N3O3. The molecule has 40 heavy (non-hydrogen) atoms. The number of hydrogen-bond acceptors (Lipinski definition) is 4. The number of carboxylic acids is 1. The van der Waals surface area contributed by atoms with E-state index in [1.807, 2.05) is 51.1 Å². The molecule has 3 fully saturated rings. The smallest absolute Gasteiger partial charge is 0.416 e. The Morgan fingerprint density at radius 1 is 1.02 bits per heavy atom. The minimum atomic E-state index is -4.56. The molecule has 0 radical (unpaired) electrons. The van der Waals surface area contributed by atoms with E-state index in [0.717, 1.165) is 43.4 Å². The lowest BCUT2D eigenvalue weighted by Gasteiger charge is -2.36. The van der Waals surface area contributed by atoms with Crippen LogP contribution >= 0.6 is 0 Å². The second-order valence-corrected chi connectivity index (χ2v) is 13.1. The van der Waals surface area contributed by atoms with Crippen LogP contribution < -0.4 is 5.32 Å². The van der Waals surface area contributed by atoms with E-state index in [4.69, 9.17) is 0 Å². The molecular weight excluding hydrogens is 519 g/mol. The predicted octanol–water partition coefficient (Wildman–Crippen LogP) is 6.86. The zero-order chi connectivity index (χ0) is 29.0.